The van der Waals surface area contributed by atoms with Crippen LogP contribution in [-0.4, -0.2) is 29.0 Å². The normalized spacial score (nSPS) is 11.7. The number of rotatable bonds is 5. The minimum atomic E-state index is 0.169. The predicted octanol–water partition coefficient (Wildman–Crippen LogP) is 10.5. The molecule has 0 saturated carbocycles. The maximum Gasteiger partial charge on any atom is 0.168 e. The molecule has 6 nitrogen and oxygen atoms in total. The molecule has 50 heavy (non-hydrogen) atoms. The summed E-state index contributed by atoms with van der Waals surface area (Å²) in [6, 6.07) is 57.9. The van der Waals surface area contributed by atoms with Gasteiger partial charge in [-0.05, 0) is 36.4 Å². The van der Waals surface area contributed by atoms with E-state index in [4.69, 9.17) is 10.2 Å². The van der Waals surface area contributed by atoms with Gasteiger partial charge in [0.05, 0.1) is 39.1 Å². The van der Waals surface area contributed by atoms with E-state index in [1.807, 2.05) is 60.7 Å². The molecule has 3 aromatic heterocycles. The Morgan fingerprint density at radius 2 is 0.680 bits per heavy atom. The quantitative estimate of drug-likeness (QED) is 0.203. The predicted molar refractivity (Wildman–Crippen MR) is 203 cm³/mol. The first-order valence-electron chi connectivity index (χ1n) is 16.7. The van der Waals surface area contributed by atoms with E-state index in [1.54, 1.807) is 0 Å². The van der Waals surface area contributed by atoms with Gasteiger partial charge in [-0.2, -0.15) is 0 Å². The van der Waals surface area contributed by atoms with E-state index in [2.05, 4.69) is 123 Å². The summed E-state index contributed by atoms with van der Waals surface area (Å²) in [4.78, 5) is 0. The third-order valence-corrected chi connectivity index (χ3v) is 9.68. The molecule has 0 aliphatic heterocycles. The lowest BCUT2D eigenvalue weighted by Crippen LogP contribution is -2.06. The zero-order chi connectivity index (χ0) is 33.2. The maximum absolute atomic E-state index is 12.7. The van der Waals surface area contributed by atoms with Crippen molar-refractivity contribution in [3.63, 3.8) is 0 Å². The van der Waals surface area contributed by atoms with E-state index in [1.165, 1.54) is 0 Å². The van der Waals surface area contributed by atoms with Crippen molar-refractivity contribution in [3.05, 3.63) is 170 Å². The lowest BCUT2D eigenvalue weighted by atomic mass is 10.1. The summed E-state index contributed by atoms with van der Waals surface area (Å²) in [5.74, 6) is 1.58. The van der Waals surface area contributed by atoms with Crippen LogP contribution >= 0.6 is 0 Å². The van der Waals surface area contributed by atoms with E-state index in [0.717, 1.165) is 60.4 Å². The zero-order valence-electron chi connectivity index (χ0n) is 26.8. The first-order valence-corrected chi connectivity index (χ1v) is 16.7. The molecule has 0 radical (unpaired) electrons. The minimum Gasteiger partial charge on any atom is -0.504 e. The van der Waals surface area contributed by atoms with Gasteiger partial charge in [-0.25, -0.2) is 0 Å². The van der Waals surface area contributed by atoms with Crippen molar-refractivity contribution in [3.8, 4) is 45.6 Å². The highest BCUT2D eigenvalue weighted by Gasteiger charge is 2.25. The van der Waals surface area contributed by atoms with Crippen LogP contribution < -0.4 is 0 Å². The number of para-hydroxylation sites is 4. The van der Waals surface area contributed by atoms with Crippen molar-refractivity contribution < 1.29 is 5.11 Å². The Morgan fingerprint density at radius 3 is 1.04 bits per heavy atom. The number of aromatic hydroxyl groups is 1. The third-order valence-electron chi connectivity index (χ3n) is 9.68. The average molecular weight is 644 g/mol. The number of phenols is 1. The molecule has 0 bridgehead atoms. The highest BCUT2D eigenvalue weighted by molar-refractivity contribution is 6.11. The second-order valence-electron chi connectivity index (χ2n) is 12.5. The molecular weight excluding hydrogens is 615 g/mol. The molecular formula is C44H29N5O. The fourth-order valence-electron chi connectivity index (χ4n) is 7.50. The molecule has 0 atom stereocenters. The summed E-state index contributed by atoms with van der Waals surface area (Å²) in [5.41, 5.74) is 8.02. The summed E-state index contributed by atoms with van der Waals surface area (Å²) in [6.07, 6.45) is 0. The van der Waals surface area contributed by atoms with Gasteiger partial charge < -0.3 is 14.2 Å². The maximum atomic E-state index is 12.7. The molecule has 0 aliphatic carbocycles. The summed E-state index contributed by atoms with van der Waals surface area (Å²) < 4.78 is 6.46. The molecule has 0 aliphatic rings. The minimum absolute atomic E-state index is 0.169. The van der Waals surface area contributed by atoms with Crippen LogP contribution in [0, 0.1) is 0 Å². The standard InChI is InChI=1S/C44H29N5O/c50-42-40(48-36-23-11-7-19-32(36)33-20-8-12-24-37(33)48)27-31(28-41(42)49-38-25-13-9-21-34(38)35-22-10-14-26-39(35)49)47-43(29-15-3-1-4-16-29)45-46-44(47)30-17-5-2-6-18-30/h1-28,50H. The van der Waals surface area contributed by atoms with Gasteiger partial charge in [-0.1, -0.05) is 133 Å². The Hall–Kier alpha value is -6.92. The van der Waals surface area contributed by atoms with Crippen molar-refractivity contribution in [2.75, 3.05) is 0 Å². The molecule has 1 N–H and O–H groups in total. The SMILES string of the molecule is Oc1c(-n2c3ccccc3c3ccccc32)cc(-n2c(-c3ccccc3)nnc2-c2ccccc2)cc1-n1c2ccccc2c2ccccc21. The molecule has 0 amide bonds. The Morgan fingerprint density at radius 1 is 0.360 bits per heavy atom. The second-order valence-corrected chi connectivity index (χ2v) is 12.5. The monoisotopic (exact) mass is 643 g/mol. The van der Waals surface area contributed by atoms with Crippen LogP contribution in [0.3, 0.4) is 0 Å². The zero-order valence-corrected chi connectivity index (χ0v) is 26.8. The average Bonchev–Trinajstić information content (AvgIpc) is 3.87. The third kappa shape index (κ3) is 4.15. The van der Waals surface area contributed by atoms with Crippen LogP contribution in [0.4, 0.5) is 0 Å². The number of phenolic OH excluding ortho intramolecular Hbond substituents is 1. The molecule has 0 spiro atoms. The van der Waals surface area contributed by atoms with E-state index in [-0.39, 0.29) is 5.75 Å². The lowest BCUT2D eigenvalue weighted by molar-refractivity contribution is 0.471. The van der Waals surface area contributed by atoms with Crippen molar-refractivity contribution in [1.82, 2.24) is 23.9 Å². The van der Waals surface area contributed by atoms with Crippen molar-refractivity contribution >= 4 is 43.6 Å². The van der Waals surface area contributed by atoms with Gasteiger partial charge in [0.15, 0.2) is 17.4 Å². The smallest absolute Gasteiger partial charge is 0.168 e. The molecule has 3 heterocycles. The van der Waals surface area contributed by atoms with Gasteiger partial charge in [0.1, 0.15) is 0 Å². The second kappa shape index (κ2) is 11.1. The summed E-state index contributed by atoms with van der Waals surface area (Å²) in [5, 5.41) is 26.7. The molecule has 0 saturated heterocycles. The Labute approximate surface area is 287 Å². The Balaban J connectivity index is 1.38. The lowest BCUT2D eigenvalue weighted by Gasteiger charge is -2.20. The first kappa shape index (κ1) is 28.1. The van der Waals surface area contributed by atoms with Gasteiger partial charge in [-0.3, -0.25) is 4.57 Å². The molecule has 0 fully saturated rings. The van der Waals surface area contributed by atoms with E-state index in [0.29, 0.717) is 23.0 Å². The highest BCUT2D eigenvalue weighted by atomic mass is 16.3. The fraction of sp³-hybridized carbons (Fsp3) is 0. The largest absolute Gasteiger partial charge is 0.504 e. The van der Waals surface area contributed by atoms with Crippen molar-refractivity contribution in [1.29, 1.82) is 0 Å². The molecule has 10 aromatic rings. The summed E-state index contributed by atoms with van der Waals surface area (Å²) >= 11 is 0. The van der Waals surface area contributed by atoms with Gasteiger partial charge in [0.2, 0.25) is 0 Å². The number of nitrogens with zero attached hydrogens (tertiary/aromatic N) is 5. The van der Waals surface area contributed by atoms with Crippen LogP contribution in [0.1, 0.15) is 0 Å². The van der Waals surface area contributed by atoms with E-state index < -0.39 is 0 Å². The summed E-state index contributed by atoms with van der Waals surface area (Å²) in [6.45, 7) is 0. The van der Waals surface area contributed by atoms with Crippen LogP contribution in [0.5, 0.6) is 5.75 Å². The number of aromatic nitrogens is 5. The number of fused-ring (bicyclic) bond motifs is 6. The van der Waals surface area contributed by atoms with Gasteiger partial charge in [0, 0.05) is 32.7 Å². The molecule has 236 valence electrons. The number of benzene rings is 7. The van der Waals surface area contributed by atoms with Crippen LogP contribution in [0.25, 0.3) is 83.4 Å². The number of hydrogen-bond acceptors (Lipinski definition) is 3. The van der Waals surface area contributed by atoms with Crippen LogP contribution in [0.2, 0.25) is 0 Å². The first-order chi connectivity index (χ1) is 24.8. The van der Waals surface area contributed by atoms with Gasteiger partial charge in [-0.15, -0.1) is 10.2 Å². The van der Waals surface area contributed by atoms with Gasteiger partial charge >= 0.3 is 0 Å². The number of hydrogen-bond donors (Lipinski definition) is 1. The van der Waals surface area contributed by atoms with Crippen molar-refractivity contribution in [2.45, 2.75) is 0 Å². The van der Waals surface area contributed by atoms with Crippen LogP contribution in [-0.2, 0) is 0 Å². The topological polar surface area (TPSA) is 60.8 Å². The molecule has 6 heteroatoms. The molecule has 0 unspecified atom stereocenters. The Bertz CT molecular complexity index is 2580. The fourth-order valence-corrected chi connectivity index (χ4v) is 7.50. The van der Waals surface area contributed by atoms with E-state index in [9.17, 15) is 5.11 Å². The molecule has 10 rings (SSSR count). The Kier molecular flexibility index (Phi) is 6.23. The molecule has 7 aromatic carbocycles. The van der Waals surface area contributed by atoms with Crippen LogP contribution in [0.15, 0.2) is 170 Å². The van der Waals surface area contributed by atoms with E-state index >= 15 is 0 Å². The highest BCUT2D eigenvalue weighted by Crippen LogP contribution is 2.43. The van der Waals surface area contributed by atoms with Gasteiger partial charge in [0.25, 0.3) is 0 Å². The summed E-state index contributed by atoms with van der Waals surface area (Å²) in [7, 11) is 0. The van der Waals surface area contributed by atoms with Crippen molar-refractivity contribution in [2.24, 2.45) is 0 Å².